The topological polar surface area (TPSA) is 67.2 Å². The van der Waals surface area contributed by atoms with Crippen LogP contribution in [-0.4, -0.2) is 33.4 Å². The molecular weight excluding hydrogens is 400 g/mol. The Balaban J connectivity index is 1.72. The average molecular weight is 431 g/mol. The van der Waals surface area contributed by atoms with Gasteiger partial charge in [0.1, 0.15) is 12.4 Å². The van der Waals surface area contributed by atoms with Crippen molar-refractivity contribution in [2.45, 2.75) is 46.2 Å². The average Bonchev–Trinajstić information content (AvgIpc) is 2.81. The Hall–Kier alpha value is -3.25. The molecule has 1 aliphatic heterocycles. The van der Waals surface area contributed by atoms with Crippen LogP contribution in [0.3, 0.4) is 0 Å². The van der Waals surface area contributed by atoms with Crippen molar-refractivity contribution >= 4 is 11.6 Å². The molecule has 166 valence electrons. The second kappa shape index (κ2) is 9.49. The fourth-order valence-electron chi connectivity index (χ4n) is 4.24. The molecule has 6 heteroatoms. The van der Waals surface area contributed by atoms with Crippen molar-refractivity contribution in [1.82, 2.24) is 14.5 Å². The number of para-hydroxylation sites is 1. The van der Waals surface area contributed by atoms with Crippen molar-refractivity contribution in [1.29, 1.82) is 0 Å². The zero-order valence-electron chi connectivity index (χ0n) is 19.0. The van der Waals surface area contributed by atoms with Gasteiger partial charge in [-0.15, -0.1) is 0 Å². The number of carbonyl (C=O) groups excluding carboxylic acids is 1. The summed E-state index contributed by atoms with van der Waals surface area (Å²) in [5.41, 5.74) is 4.11. The van der Waals surface area contributed by atoms with Crippen LogP contribution in [0.25, 0.3) is 11.4 Å². The minimum Gasteiger partial charge on any atom is -0.324 e. The van der Waals surface area contributed by atoms with Crippen LogP contribution in [0.5, 0.6) is 0 Å². The summed E-state index contributed by atoms with van der Waals surface area (Å²) in [6, 6.07) is 17.4. The first-order valence-electron chi connectivity index (χ1n) is 11.3. The molecule has 2 heterocycles. The van der Waals surface area contributed by atoms with Gasteiger partial charge in [-0.1, -0.05) is 69.3 Å². The highest BCUT2D eigenvalue weighted by atomic mass is 16.2. The highest BCUT2D eigenvalue weighted by Crippen LogP contribution is 2.24. The van der Waals surface area contributed by atoms with Gasteiger partial charge in [-0.3, -0.25) is 19.1 Å². The van der Waals surface area contributed by atoms with E-state index in [-0.39, 0.29) is 23.9 Å². The Morgan fingerprint density at radius 2 is 1.81 bits per heavy atom. The number of likely N-dealkylation sites (N-methyl/N-ethyl adjacent to an activating group) is 1. The normalized spacial score (nSPS) is 13.8. The molecule has 0 saturated carbocycles. The van der Waals surface area contributed by atoms with Crippen LogP contribution in [0.2, 0.25) is 0 Å². The maximum absolute atomic E-state index is 13.5. The molecule has 0 radical (unpaired) electrons. The number of benzene rings is 2. The molecule has 4 rings (SSSR count). The second-order valence-electron chi connectivity index (χ2n) is 8.53. The minimum absolute atomic E-state index is 0.0815. The van der Waals surface area contributed by atoms with E-state index in [1.54, 1.807) is 0 Å². The number of amides is 1. The SMILES string of the molecule is CCN1CCc2nc(-c3ccccc3)n(CC(=O)Nc3ccccc3C(C)C)c(=O)c2C1. The number of anilines is 1. The summed E-state index contributed by atoms with van der Waals surface area (Å²) < 4.78 is 1.53. The number of hydrogen-bond donors (Lipinski definition) is 1. The smallest absolute Gasteiger partial charge is 0.259 e. The molecule has 1 aromatic heterocycles. The predicted molar refractivity (Wildman–Crippen MR) is 128 cm³/mol. The van der Waals surface area contributed by atoms with Gasteiger partial charge in [-0.05, 0) is 24.1 Å². The first kappa shape index (κ1) is 22.0. The lowest BCUT2D eigenvalue weighted by Crippen LogP contribution is -2.39. The summed E-state index contributed by atoms with van der Waals surface area (Å²) in [6.07, 6.45) is 0.743. The Labute approximate surface area is 188 Å². The van der Waals surface area contributed by atoms with E-state index < -0.39 is 0 Å². The maximum Gasteiger partial charge on any atom is 0.259 e. The second-order valence-corrected chi connectivity index (χ2v) is 8.53. The van der Waals surface area contributed by atoms with Crippen molar-refractivity contribution in [3.63, 3.8) is 0 Å². The first-order valence-corrected chi connectivity index (χ1v) is 11.3. The van der Waals surface area contributed by atoms with E-state index in [0.717, 1.165) is 42.0 Å². The summed E-state index contributed by atoms with van der Waals surface area (Å²) in [5, 5.41) is 3.01. The van der Waals surface area contributed by atoms with Crippen molar-refractivity contribution < 1.29 is 4.79 Å². The Bertz CT molecular complexity index is 1170. The molecule has 0 bridgehead atoms. The van der Waals surface area contributed by atoms with Gasteiger partial charge in [-0.2, -0.15) is 0 Å². The van der Waals surface area contributed by atoms with Crippen molar-refractivity contribution in [2.75, 3.05) is 18.4 Å². The van der Waals surface area contributed by atoms with Crippen molar-refractivity contribution in [3.8, 4) is 11.4 Å². The van der Waals surface area contributed by atoms with E-state index in [0.29, 0.717) is 17.9 Å². The van der Waals surface area contributed by atoms with Crippen LogP contribution >= 0.6 is 0 Å². The quantitative estimate of drug-likeness (QED) is 0.641. The van der Waals surface area contributed by atoms with E-state index in [2.05, 4.69) is 31.0 Å². The zero-order valence-corrected chi connectivity index (χ0v) is 19.0. The lowest BCUT2D eigenvalue weighted by atomic mass is 10.0. The number of aromatic nitrogens is 2. The molecule has 1 amide bonds. The summed E-state index contributed by atoms with van der Waals surface area (Å²) in [4.78, 5) is 33.7. The minimum atomic E-state index is -0.234. The number of nitrogens with one attached hydrogen (secondary N) is 1. The summed E-state index contributed by atoms with van der Waals surface area (Å²) >= 11 is 0. The van der Waals surface area contributed by atoms with Crippen LogP contribution < -0.4 is 10.9 Å². The molecule has 1 N–H and O–H groups in total. The molecular formula is C26H30N4O2. The first-order chi connectivity index (χ1) is 15.5. The Morgan fingerprint density at radius 1 is 1.09 bits per heavy atom. The Kier molecular flexibility index (Phi) is 6.51. The van der Waals surface area contributed by atoms with Gasteiger partial charge >= 0.3 is 0 Å². The van der Waals surface area contributed by atoms with Crippen molar-refractivity contribution in [2.24, 2.45) is 0 Å². The van der Waals surface area contributed by atoms with Crippen LogP contribution in [0.4, 0.5) is 5.69 Å². The fourth-order valence-corrected chi connectivity index (χ4v) is 4.24. The largest absolute Gasteiger partial charge is 0.324 e. The van der Waals surface area contributed by atoms with Gasteiger partial charge in [0.15, 0.2) is 0 Å². The molecule has 0 aliphatic carbocycles. The zero-order chi connectivity index (χ0) is 22.7. The van der Waals surface area contributed by atoms with Gasteiger partial charge in [0.25, 0.3) is 5.56 Å². The number of carbonyl (C=O) groups is 1. The standard InChI is InChI=1S/C26H30N4O2/c1-4-29-15-14-23-21(16-29)26(32)30(25(28-23)19-10-6-5-7-11-19)17-24(31)27-22-13-9-8-12-20(22)18(2)3/h5-13,18H,4,14-17H2,1-3H3,(H,27,31). The molecule has 2 aromatic carbocycles. The third-order valence-electron chi connectivity index (χ3n) is 6.03. The maximum atomic E-state index is 13.5. The highest BCUT2D eigenvalue weighted by Gasteiger charge is 2.24. The van der Waals surface area contributed by atoms with E-state index >= 15 is 0 Å². The van der Waals surface area contributed by atoms with E-state index in [1.807, 2.05) is 54.6 Å². The van der Waals surface area contributed by atoms with Crippen LogP contribution in [0.15, 0.2) is 59.4 Å². The number of nitrogens with zero attached hydrogens (tertiary/aromatic N) is 3. The monoisotopic (exact) mass is 430 g/mol. The van der Waals surface area contributed by atoms with Crippen molar-refractivity contribution in [3.05, 3.63) is 81.8 Å². The van der Waals surface area contributed by atoms with Gasteiger partial charge in [-0.25, -0.2) is 4.98 Å². The highest BCUT2D eigenvalue weighted by molar-refractivity contribution is 5.91. The molecule has 0 spiro atoms. The predicted octanol–water partition coefficient (Wildman–Crippen LogP) is 4.05. The fraction of sp³-hybridized carbons (Fsp3) is 0.346. The molecule has 32 heavy (non-hydrogen) atoms. The lowest BCUT2D eigenvalue weighted by molar-refractivity contribution is -0.116. The number of hydrogen-bond acceptors (Lipinski definition) is 4. The molecule has 3 aromatic rings. The third kappa shape index (κ3) is 4.50. The number of fused-ring (bicyclic) bond motifs is 1. The molecule has 1 aliphatic rings. The molecule has 0 atom stereocenters. The Morgan fingerprint density at radius 3 is 2.53 bits per heavy atom. The van der Waals surface area contributed by atoms with Crippen LogP contribution in [0.1, 0.15) is 43.5 Å². The molecule has 6 nitrogen and oxygen atoms in total. The lowest BCUT2D eigenvalue weighted by Gasteiger charge is -2.27. The molecule has 0 saturated heterocycles. The summed E-state index contributed by atoms with van der Waals surface area (Å²) in [5.74, 6) is 0.591. The van der Waals surface area contributed by atoms with Crippen LogP contribution in [0, 0.1) is 0 Å². The van der Waals surface area contributed by atoms with Crippen LogP contribution in [-0.2, 0) is 24.3 Å². The van der Waals surface area contributed by atoms with Gasteiger partial charge in [0, 0.05) is 30.8 Å². The van der Waals surface area contributed by atoms with E-state index in [9.17, 15) is 9.59 Å². The van der Waals surface area contributed by atoms with Gasteiger partial charge in [0.2, 0.25) is 5.91 Å². The summed E-state index contributed by atoms with van der Waals surface area (Å²) in [7, 11) is 0. The third-order valence-corrected chi connectivity index (χ3v) is 6.03. The van der Waals surface area contributed by atoms with E-state index in [4.69, 9.17) is 4.98 Å². The van der Waals surface area contributed by atoms with Gasteiger partial charge < -0.3 is 5.32 Å². The van der Waals surface area contributed by atoms with Gasteiger partial charge in [0.05, 0.1) is 11.3 Å². The van der Waals surface area contributed by atoms with E-state index in [1.165, 1.54) is 4.57 Å². The molecule has 0 unspecified atom stereocenters. The summed E-state index contributed by atoms with van der Waals surface area (Å²) in [6.45, 7) is 8.54. The number of rotatable bonds is 6. The molecule has 0 fully saturated rings.